The van der Waals surface area contributed by atoms with Gasteiger partial charge in [-0.3, -0.25) is 9.59 Å². The van der Waals surface area contributed by atoms with Crippen molar-refractivity contribution in [3.8, 4) is 0 Å². The van der Waals surface area contributed by atoms with Crippen LogP contribution >= 0.6 is 0 Å². The van der Waals surface area contributed by atoms with Crippen molar-refractivity contribution in [2.24, 2.45) is 0 Å². The maximum atomic E-state index is 12.1. The summed E-state index contributed by atoms with van der Waals surface area (Å²) in [6.07, 6.45) is 1.47. The second kappa shape index (κ2) is 5.03. The first-order valence-electron chi connectivity index (χ1n) is 5.84. The van der Waals surface area contributed by atoms with Crippen molar-refractivity contribution in [2.75, 3.05) is 31.9 Å². The first-order valence-corrected chi connectivity index (χ1v) is 5.84. The molecular formula is C12H16N4O2. The lowest BCUT2D eigenvalue weighted by atomic mass is 10.2. The van der Waals surface area contributed by atoms with Crippen LogP contribution in [0.25, 0.3) is 0 Å². The van der Waals surface area contributed by atoms with Crippen molar-refractivity contribution >= 4 is 17.5 Å². The number of anilines is 1. The number of nitrogens with zero attached hydrogens (tertiary/aromatic N) is 3. The Morgan fingerprint density at radius 1 is 1.17 bits per heavy atom. The second-order valence-electron chi connectivity index (χ2n) is 4.28. The second-order valence-corrected chi connectivity index (χ2v) is 4.28. The van der Waals surface area contributed by atoms with Gasteiger partial charge in [-0.05, 0) is 12.1 Å². The minimum Gasteiger partial charge on any atom is -0.397 e. The lowest BCUT2D eigenvalue weighted by Crippen LogP contribution is -2.50. The Morgan fingerprint density at radius 2 is 1.78 bits per heavy atom. The van der Waals surface area contributed by atoms with E-state index in [4.69, 9.17) is 5.73 Å². The van der Waals surface area contributed by atoms with E-state index in [-0.39, 0.29) is 11.8 Å². The topological polar surface area (TPSA) is 79.5 Å². The lowest BCUT2D eigenvalue weighted by molar-refractivity contribution is -0.130. The summed E-state index contributed by atoms with van der Waals surface area (Å²) in [5, 5.41) is 0. The van der Waals surface area contributed by atoms with Crippen LogP contribution in [0.5, 0.6) is 0 Å². The number of carbonyl (C=O) groups is 2. The number of hydrogen-bond donors (Lipinski definition) is 1. The van der Waals surface area contributed by atoms with Crippen LogP contribution in [0.1, 0.15) is 17.4 Å². The summed E-state index contributed by atoms with van der Waals surface area (Å²) < 4.78 is 0. The van der Waals surface area contributed by atoms with Crippen molar-refractivity contribution < 1.29 is 9.59 Å². The highest BCUT2D eigenvalue weighted by Crippen LogP contribution is 2.08. The number of nitrogen functional groups attached to an aromatic ring is 1. The van der Waals surface area contributed by atoms with Crippen LogP contribution in [-0.2, 0) is 4.79 Å². The van der Waals surface area contributed by atoms with E-state index in [1.54, 1.807) is 28.9 Å². The van der Waals surface area contributed by atoms with E-state index in [1.807, 2.05) is 0 Å². The molecule has 2 N–H and O–H groups in total. The zero-order chi connectivity index (χ0) is 13.1. The number of carbonyl (C=O) groups excluding carboxylic acids is 2. The third kappa shape index (κ3) is 2.58. The van der Waals surface area contributed by atoms with Gasteiger partial charge in [-0.15, -0.1) is 0 Å². The highest BCUT2D eigenvalue weighted by atomic mass is 16.2. The minimum atomic E-state index is -0.113. The van der Waals surface area contributed by atoms with Gasteiger partial charge in [0.2, 0.25) is 5.91 Å². The first-order chi connectivity index (χ1) is 8.58. The third-order valence-electron chi connectivity index (χ3n) is 3.02. The van der Waals surface area contributed by atoms with Gasteiger partial charge in [-0.2, -0.15) is 0 Å². The van der Waals surface area contributed by atoms with E-state index < -0.39 is 0 Å². The van der Waals surface area contributed by atoms with Crippen LogP contribution in [-0.4, -0.2) is 52.8 Å². The zero-order valence-electron chi connectivity index (χ0n) is 10.3. The van der Waals surface area contributed by atoms with Gasteiger partial charge in [0.25, 0.3) is 5.91 Å². The summed E-state index contributed by atoms with van der Waals surface area (Å²) >= 11 is 0. The first kappa shape index (κ1) is 12.3. The Balaban J connectivity index is 1.99. The average molecular weight is 248 g/mol. The number of hydrogen-bond acceptors (Lipinski definition) is 4. The largest absolute Gasteiger partial charge is 0.397 e. The van der Waals surface area contributed by atoms with Crippen molar-refractivity contribution in [3.05, 3.63) is 24.0 Å². The predicted molar refractivity (Wildman–Crippen MR) is 66.8 cm³/mol. The van der Waals surface area contributed by atoms with E-state index in [0.717, 1.165) is 0 Å². The molecule has 2 amide bonds. The number of piperazine rings is 1. The molecule has 0 radical (unpaired) electrons. The molecule has 0 unspecified atom stereocenters. The molecule has 6 heteroatoms. The van der Waals surface area contributed by atoms with Gasteiger partial charge in [-0.1, -0.05) is 0 Å². The molecule has 1 fully saturated rings. The van der Waals surface area contributed by atoms with Crippen molar-refractivity contribution in [1.82, 2.24) is 14.8 Å². The summed E-state index contributed by atoms with van der Waals surface area (Å²) in [6.45, 7) is 3.79. The Kier molecular flexibility index (Phi) is 3.45. The highest BCUT2D eigenvalue weighted by molar-refractivity contribution is 5.92. The van der Waals surface area contributed by atoms with Crippen LogP contribution in [0.2, 0.25) is 0 Å². The summed E-state index contributed by atoms with van der Waals surface area (Å²) in [4.78, 5) is 30.7. The third-order valence-corrected chi connectivity index (χ3v) is 3.02. The quantitative estimate of drug-likeness (QED) is 0.756. The molecule has 2 rings (SSSR count). The van der Waals surface area contributed by atoms with Crippen molar-refractivity contribution in [3.63, 3.8) is 0 Å². The fraction of sp³-hybridized carbons (Fsp3) is 0.417. The van der Waals surface area contributed by atoms with Gasteiger partial charge in [0.05, 0.1) is 11.9 Å². The van der Waals surface area contributed by atoms with Crippen molar-refractivity contribution in [1.29, 1.82) is 0 Å². The molecule has 96 valence electrons. The maximum Gasteiger partial charge on any atom is 0.272 e. The van der Waals surface area contributed by atoms with Crippen LogP contribution in [0, 0.1) is 0 Å². The Morgan fingerprint density at radius 3 is 2.28 bits per heavy atom. The molecule has 1 aliphatic heterocycles. The van der Waals surface area contributed by atoms with Crippen molar-refractivity contribution in [2.45, 2.75) is 6.92 Å². The molecule has 0 spiro atoms. The van der Waals surface area contributed by atoms with Crippen LogP contribution < -0.4 is 5.73 Å². The standard InChI is InChI=1S/C12H16N4O2/c1-9(17)15-4-6-16(7-5-15)12(18)11-3-2-10(13)8-14-11/h2-3,8H,4-7,13H2,1H3. The van der Waals surface area contributed by atoms with Gasteiger partial charge in [0.1, 0.15) is 5.69 Å². The van der Waals surface area contributed by atoms with E-state index in [1.165, 1.54) is 6.20 Å². The molecule has 2 heterocycles. The predicted octanol–water partition coefficient (Wildman–Crippen LogP) is -0.0319. The molecule has 6 nitrogen and oxygen atoms in total. The Bertz CT molecular complexity index is 450. The summed E-state index contributed by atoms with van der Waals surface area (Å²) in [5.74, 6) is -0.0640. The molecule has 0 aromatic carbocycles. The highest BCUT2D eigenvalue weighted by Gasteiger charge is 2.23. The Hall–Kier alpha value is -2.11. The van der Waals surface area contributed by atoms with Crippen LogP contribution in [0.3, 0.4) is 0 Å². The monoisotopic (exact) mass is 248 g/mol. The fourth-order valence-corrected chi connectivity index (χ4v) is 1.92. The van der Waals surface area contributed by atoms with Gasteiger partial charge in [-0.25, -0.2) is 4.98 Å². The maximum absolute atomic E-state index is 12.1. The fourth-order valence-electron chi connectivity index (χ4n) is 1.92. The molecule has 1 aliphatic rings. The van der Waals surface area contributed by atoms with Gasteiger partial charge >= 0.3 is 0 Å². The molecule has 0 aliphatic carbocycles. The summed E-state index contributed by atoms with van der Waals surface area (Å²) in [5.41, 5.74) is 6.45. The number of rotatable bonds is 1. The molecule has 1 saturated heterocycles. The molecular weight excluding hydrogens is 232 g/mol. The number of aromatic nitrogens is 1. The number of nitrogens with two attached hydrogens (primary N) is 1. The van der Waals surface area contributed by atoms with Crippen LogP contribution in [0.4, 0.5) is 5.69 Å². The summed E-state index contributed by atoms with van der Waals surface area (Å²) in [7, 11) is 0. The Labute approximate surface area is 105 Å². The lowest BCUT2D eigenvalue weighted by Gasteiger charge is -2.34. The summed E-state index contributed by atoms with van der Waals surface area (Å²) in [6, 6.07) is 3.28. The number of amides is 2. The molecule has 0 atom stereocenters. The molecule has 1 aromatic rings. The smallest absolute Gasteiger partial charge is 0.272 e. The SMILES string of the molecule is CC(=O)N1CCN(C(=O)c2ccc(N)cn2)CC1. The van der Waals surface area contributed by atoms with Gasteiger partial charge in [0.15, 0.2) is 0 Å². The van der Waals surface area contributed by atoms with E-state index in [2.05, 4.69) is 4.98 Å². The van der Waals surface area contributed by atoms with Crippen LogP contribution in [0.15, 0.2) is 18.3 Å². The molecule has 0 bridgehead atoms. The molecule has 18 heavy (non-hydrogen) atoms. The van der Waals surface area contributed by atoms with Gasteiger partial charge < -0.3 is 15.5 Å². The number of pyridine rings is 1. The normalized spacial score (nSPS) is 15.6. The zero-order valence-corrected chi connectivity index (χ0v) is 10.3. The van der Waals surface area contributed by atoms with E-state index in [9.17, 15) is 9.59 Å². The van der Waals surface area contributed by atoms with E-state index in [0.29, 0.717) is 37.6 Å². The molecule has 0 saturated carbocycles. The van der Waals surface area contributed by atoms with Gasteiger partial charge in [0, 0.05) is 33.1 Å². The minimum absolute atomic E-state index is 0.0488. The molecule has 1 aromatic heterocycles. The van der Waals surface area contributed by atoms with E-state index >= 15 is 0 Å². The average Bonchev–Trinajstić information content (AvgIpc) is 2.39.